The van der Waals surface area contributed by atoms with Crippen molar-refractivity contribution in [1.29, 1.82) is 0 Å². The number of aryl methyl sites for hydroxylation is 1. The van der Waals surface area contributed by atoms with Crippen molar-refractivity contribution in [3.8, 4) is 5.75 Å². The zero-order valence-electron chi connectivity index (χ0n) is 14.2. The van der Waals surface area contributed by atoms with Gasteiger partial charge in [0.1, 0.15) is 18.1 Å². The van der Waals surface area contributed by atoms with Crippen LogP contribution in [0.15, 0.2) is 54.9 Å². The molecule has 0 radical (unpaired) electrons. The number of hydrogen-bond acceptors (Lipinski definition) is 4. The first-order valence-electron chi connectivity index (χ1n) is 8.21. The zero-order valence-corrected chi connectivity index (χ0v) is 15.0. The Balaban J connectivity index is 1.81. The lowest BCUT2D eigenvalue weighted by atomic mass is 10.0. The first-order chi connectivity index (χ1) is 13.0. The Morgan fingerprint density at radius 1 is 1.19 bits per heavy atom. The molecule has 1 N–H and O–H groups in total. The highest BCUT2D eigenvalue weighted by atomic mass is 35.5. The Labute approximate surface area is 159 Å². The minimum atomic E-state index is -2.96. The molecule has 0 spiro atoms. The van der Waals surface area contributed by atoms with Crippen molar-refractivity contribution < 1.29 is 13.5 Å². The number of rotatable bonds is 4. The number of alkyl halides is 2. The van der Waals surface area contributed by atoms with Crippen molar-refractivity contribution in [3.05, 3.63) is 76.6 Å². The van der Waals surface area contributed by atoms with Gasteiger partial charge in [0, 0.05) is 10.6 Å². The summed E-state index contributed by atoms with van der Waals surface area (Å²) in [5.41, 5.74) is 3.19. The number of allylic oxidation sites excluding steroid dienone is 1. The van der Waals surface area contributed by atoms with Crippen LogP contribution in [0.3, 0.4) is 0 Å². The number of halogens is 3. The normalized spacial score (nSPS) is 15.9. The molecule has 1 aromatic heterocycles. The summed E-state index contributed by atoms with van der Waals surface area (Å²) in [5, 5.41) is 7.71. The number of hydrogen-bond donors (Lipinski definition) is 1. The van der Waals surface area contributed by atoms with E-state index in [4.69, 9.17) is 11.6 Å². The van der Waals surface area contributed by atoms with Crippen molar-refractivity contribution in [1.82, 2.24) is 14.8 Å². The molecule has 0 saturated heterocycles. The largest absolute Gasteiger partial charge is 0.434 e. The summed E-state index contributed by atoms with van der Waals surface area (Å²) in [7, 11) is 0. The van der Waals surface area contributed by atoms with E-state index in [9.17, 15) is 8.78 Å². The van der Waals surface area contributed by atoms with Crippen LogP contribution >= 0.6 is 11.6 Å². The van der Waals surface area contributed by atoms with Gasteiger partial charge in [-0.2, -0.15) is 18.9 Å². The molecule has 27 heavy (non-hydrogen) atoms. The highest BCUT2D eigenvalue weighted by molar-refractivity contribution is 6.30. The van der Waals surface area contributed by atoms with Gasteiger partial charge < -0.3 is 10.1 Å². The van der Waals surface area contributed by atoms with Crippen LogP contribution in [0.1, 0.15) is 22.7 Å². The van der Waals surface area contributed by atoms with Crippen LogP contribution in [0, 0.1) is 6.92 Å². The Morgan fingerprint density at radius 2 is 1.96 bits per heavy atom. The number of nitrogens with one attached hydrogen (secondary N) is 1. The fourth-order valence-electron chi connectivity index (χ4n) is 3.00. The van der Waals surface area contributed by atoms with Gasteiger partial charge in [0.15, 0.2) is 0 Å². The molecule has 5 nitrogen and oxygen atoms in total. The monoisotopic (exact) mass is 388 g/mol. The molecular weight excluding hydrogens is 374 g/mol. The van der Waals surface area contributed by atoms with Crippen molar-refractivity contribution in [2.24, 2.45) is 0 Å². The first kappa shape index (κ1) is 17.5. The fourth-order valence-corrected chi connectivity index (χ4v) is 3.17. The van der Waals surface area contributed by atoms with E-state index in [0.717, 1.165) is 11.1 Å². The van der Waals surface area contributed by atoms with Crippen LogP contribution in [0.25, 0.3) is 5.70 Å². The maximum atomic E-state index is 12.8. The Kier molecular flexibility index (Phi) is 4.53. The van der Waals surface area contributed by atoms with Crippen LogP contribution in [0.2, 0.25) is 5.02 Å². The van der Waals surface area contributed by atoms with E-state index in [2.05, 4.69) is 20.1 Å². The molecule has 2 aromatic carbocycles. The molecular formula is C19H15ClF2N4O. The van der Waals surface area contributed by atoms with Crippen LogP contribution in [-0.2, 0) is 0 Å². The van der Waals surface area contributed by atoms with Crippen molar-refractivity contribution in [2.75, 3.05) is 5.32 Å². The molecule has 1 aliphatic heterocycles. The summed E-state index contributed by atoms with van der Waals surface area (Å²) in [6.45, 7) is -0.946. The summed E-state index contributed by atoms with van der Waals surface area (Å²) in [5.74, 6) is 0.503. The standard InChI is InChI=1S/C19H15ClF2N4O/c1-11-2-4-12(5-3-11)16-9-15(25-19-23-10-24-26(16)19)14-7-6-13(20)8-17(14)27-18(21)22/h2-10,16,18H,1H3,(H,23,24,25). The molecule has 1 unspecified atom stereocenters. The number of fused-ring (bicyclic) bond motifs is 1. The van der Waals surface area contributed by atoms with Crippen LogP contribution < -0.4 is 10.1 Å². The third kappa shape index (κ3) is 3.50. The average Bonchev–Trinajstić information content (AvgIpc) is 3.10. The quantitative estimate of drug-likeness (QED) is 0.690. The molecule has 1 atom stereocenters. The lowest BCUT2D eigenvalue weighted by Crippen LogP contribution is -2.20. The van der Waals surface area contributed by atoms with Gasteiger partial charge in [-0.25, -0.2) is 4.68 Å². The number of nitrogens with zero attached hydrogens (tertiary/aromatic N) is 3. The SMILES string of the molecule is Cc1ccc(C2C=C(c3ccc(Cl)cc3OC(F)F)Nc3ncnn32)cc1. The summed E-state index contributed by atoms with van der Waals surface area (Å²) < 4.78 is 32.1. The van der Waals surface area contributed by atoms with Gasteiger partial charge >= 0.3 is 6.61 Å². The summed E-state index contributed by atoms with van der Waals surface area (Å²) in [6.07, 6.45) is 3.34. The highest BCUT2D eigenvalue weighted by Crippen LogP contribution is 2.36. The van der Waals surface area contributed by atoms with Crippen LogP contribution in [0.4, 0.5) is 14.7 Å². The molecule has 0 aliphatic carbocycles. The summed E-state index contributed by atoms with van der Waals surface area (Å²) in [4.78, 5) is 4.22. The van der Waals surface area contributed by atoms with Crippen LogP contribution in [-0.4, -0.2) is 21.4 Å². The van der Waals surface area contributed by atoms with Gasteiger partial charge in [-0.15, -0.1) is 0 Å². The van der Waals surface area contributed by atoms with E-state index in [1.807, 2.05) is 37.3 Å². The number of benzene rings is 2. The molecule has 4 rings (SSSR count). The minimum absolute atomic E-state index is 0.00753. The second-order valence-corrected chi connectivity index (χ2v) is 6.54. The zero-order chi connectivity index (χ0) is 19.0. The second-order valence-electron chi connectivity index (χ2n) is 6.11. The van der Waals surface area contributed by atoms with Crippen molar-refractivity contribution >= 4 is 23.2 Å². The lowest BCUT2D eigenvalue weighted by Gasteiger charge is -2.25. The van der Waals surface area contributed by atoms with E-state index < -0.39 is 6.61 Å². The lowest BCUT2D eigenvalue weighted by molar-refractivity contribution is -0.0500. The number of anilines is 1. The molecule has 0 bridgehead atoms. The molecule has 2 heterocycles. The minimum Gasteiger partial charge on any atom is -0.434 e. The Morgan fingerprint density at radius 3 is 2.70 bits per heavy atom. The maximum Gasteiger partial charge on any atom is 0.387 e. The molecule has 0 fully saturated rings. The predicted octanol–water partition coefficient (Wildman–Crippen LogP) is 4.90. The second kappa shape index (κ2) is 7.00. The topological polar surface area (TPSA) is 52.0 Å². The predicted molar refractivity (Wildman–Crippen MR) is 99.0 cm³/mol. The van der Waals surface area contributed by atoms with Gasteiger partial charge in [-0.3, -0.25) is 0 Å². The maximum absolute atomic E-state index is 12.8. The average molecular weight is 389 g/mol. The molecule has 138 valence electrons. The van der Waals surface area contributed by atoms with Crippen LogP contribution in [0.5, 0.6) is 5.75 Å². The van der Waals surface area contributed by atoms with E-state index in [1.165, 1.54) is 12.4 Å². The van der Waals surface area contributed by atoms with E-state index in [1.54, 1.807) is 16.8 Å². The molecule has 0 amide bonds. The summed E-state index contributed by atoms with van der Waals surface area (Å²) in [6, 6.07) is 12.4. The van der Waals surface area contributed by atoms with Gasteiger partial charge in [-0.1, -0.05) is 41.4 Å². The van der Waals surface area contributed by atoms with E-state index in [-0.39, 0.29) is 11.8 Å². The van der Waals surface area contributed by atoms with Gasteiger partial charge in [0.2, 0.25) is 5.95 Å². The third-order valence-electron chi connectivity index (χ3n) is 4.28. The Hall–Kier alpha value is -2.93. The smallest absolute Gasteiger partial charge is 0.387 e. The fraction of sp³-hybridized carbons (Fsp3) is 0.158. The third-order valence-corrected chi connectivity index (χ3v) is 4.51. The van der Waals surface area contributed by atoms with Gasteiger partial charge in [0.05, 0.1) is 5.70 Å². The Bertz CT molecular complexity index is 1000. The number of aromatic nitrogens is 3. The van der Waals surface area contributed by atoms with Crippen molar-refractivity contribution in [3.63, 3.8) is 0 Å². The van der Waals surface area contributed by atoms with Gasteiger partial charge in [0.25, 0.3) is 0 Å². The van der Waals surface area contributed by atoms with E-state index in [0.29, 0.717) is 22.2 Å². The molecule has 8 heteroatoms. The number of ether oxygens (including phenoxy) is 1. The first-order valence-corrected chi connectivity index (χ1v) is 8.59. The molecule has 0 saturated carbocycles. The van der Waals surface area contributed by atoms with Gasteiger partial charge in [-0.05, 0) is 36.8 Å². The molecule has 1 aliphatic rings. The van der Waals surface area contributed by atoms with E-state index >= 15 is 0 Å². The summed E-state index contributed by atoms with van der Waals surface area (Å²) >= 11 is 5.95. The highest BCUT2D eigenvalue weighted by Gasteiger charge is 2.25. The molecule has 3 aromatic rings. The van der Waals surface area contributed by atoms with Crippen molar-refractivity contribution in [2.45, 2.75) is 19.6 Å².